The molecule has 5 heteroatoms. The molecule has 1 saturated carbocycles. The molecule has 0 bridgehead atoms. The Balaban J connectivity index is 1.51. The van der Waals surface area contributed by atoms with Gasteiger partial charge in [-0.3, -0.25) is 9.59 Å². The lowest BCUT2D eigenvalue weighted by Gasteiger charge is -2.43. The molecule has 1 saturated heterocycles. The average Bonchev–Trinajstić information content (AvgIpc) is 3.03. The van der Waals surface area contributed by atoms with Crippen LogP contribution in [-0.2, 0) is 16.9 Å². The number of nitrogens with zero attached hydrogens (tertiary/aromatic N) is 1. The molecular weight excluding hydrogens is 404 g/mol. The summed E-state index contributed by atoms with van der Waals surface area (Å²) in [6.07, 6.45) is 4.59. The molecule has 0 atom stereocenters. The molecule has 2 aliphatic rings. The lowest BCUT2D eigenvalue weighted by molar-refractivity contribution is -0.128. The van der Waals surface area contributed by atoms with Gasteiger partial charge in [0.1, 0.15) is 0 Å². The van der Waals surface area contributed by atoms with Gasteiger partial charge in [0, 0.05) is 29.5 Å². The maximum atomic E-state index is 13.0. The normalized spacial score (nSPS) is 18.3. The van der Waals surface area contributed by atoms with Crippen LogP contribution in [0.4, 0.5) is 0 Å². The first-order chi connectivity index (χ1) is 13.1. The van der Waals surface area contributed by atoms with Crippen molar-refractivity contribution in [2.24, 2.45) is 0 Å². The van der Waals surface area contributed by atoms with E-state index in [1.165, 1.54) is 0 Å². The fourth-order valence-electron chi connectivity index (χ4n) is 3.99. The molecule has 0 aromatic heterocycles. The molecule has 0 unspecified atom stereocenters. The van der Waals surface area contributed by atoms with E-state index in [4.69, 9.17) is 0 Å². The van der Waals surface area contributed by atoms with Crippen molar-refractivity contribution in [1.29, 1.82) is 0 Å². The topological polar surface area (TPSA) is 49.4 Å². The van der Waals surface area contributed by atoms with Crippen molar-refractivity contribution in [3.8, 4) is 0 Å². The number of hydrogen-bond acceptors (Lipinski definition) is 2. The number of benzene rings is 2. The molecule has 1 heterocycles. The Labute approximate surface area is 168 Å². The number of carbonyl (C=O) groups excluding carboxylic acids is 2. The van der Waals surface area contributed by atoms with Gasteiger partial charge in [-0.15, -0.1) is 0 Å². The minimum absolute atomic E-state index is 0.0516. The zero-order chi connectivity index (χ0) is 18.9. The van der Waals surface area contributed by atoms with Crippen molar-refractivity contribution in [3.05, 3.63) is 69.7 Å². The van der Waals surface area contributed by atoms with Crippen LogP contribution < -0.4 is 5.32 Å². The molecule has 1 aliphatic carbocycles. The molecule has 2 fully saturated rings. The van der Waals surface area contributed by atoms with E-state index in [1.54, 1.807) is 0 Å². The number of carbonyl (C=O) groups is 2. The third-order valence-electron chi connectivity index (χ3n) is 5.67. The van der Waals surface area contributed by atoms with Crippen molar-refractivity contribution >= 4 is 27.7 Å². The number of halogens is 1. The van der Waals surface area contributed by atoms with Crippen molar-refractivity contribution in [2.75, 3.05) is 6.54 Å². The van der Waals surface area contributed by atoms with E-state index in [0.29, 0.717) is 18.5 Å². The van der Waals surface area contributed by atoms with E-state index in [9.17, 15) is 9.59 Å². The Morgan fingerprint density at radius 2 is 1.93 bits per heavy atom. The standard InChI is InChI=1S/C22H23BrN2O2/c23-19-8-2-7-18(14-19)22(10-4-11-22)24-21(27)17-6-1-5-16(13-17)15-25-12-3-9-20(25)26/h1-2,5-8,13-14H,3-4,9-12,15H2,(H,24,27). The van der Waals surface area contributed by atoms with Crippen LogP contribution in [0, 0.1) is 0 Å². The van der Waals surface area contributed by atoms with Gasteiger partial charge in [0.2, 0.25) is 5.91 Å². The monoisotopic (exact) mass is 426 g/mol. The highest BCUT2D eigenvalue weighted by Gasteiger charge is 2.40. The molecule has 2 aromatic rings. The average molecular weight is 427 g/mol. The smallest absolute Gasteiger partial charge is 0.251 e. The number of hydrogen-bond donors (Lipinski definition) is 1. The SMILES string of the molecule is O=C(NC1(c2cccc(Br)c2)CCC1)c1cccc(CN2CCCC2=O)c1. The molecule has 4 nitrogen and oxygen atoms in total. The first-order valence-electron chi connectivity index (χ1n) is 9.51. The van der Waals surface area contributed by atoms with Crippen molar-refractivity contribution in [1.82, 2.24) is 10.2 Å². The third-order valence-corrected chi connectivity index (χ3v) is 6.16. The van der Waals surface area contributed by atoms with Gasteiger partial charge >= 0.3 is 0 Å². The van der Waals surface area contributed by atoms with Gasteiger partial charge in [-0.1, -0.05) is 40.2 Å². The quantitative estimate of drug-likeness (QED) is 0.770. The minimum atomic E-state index is -0.276. The Bertz CT molecular complexity index is 876. The maximum absolute atomic E-state index is 13.0. The van der Waals surface area contributed by atoms with Crippen LogP contribution >= 0.6 is 15.9 Å². The largest absolute Gasteiger partial charge is 0.343 e. The summed E-state index contributed by atoms with van der Waals surface area (Å²) in [5, 5.41) is 3.28. The zero-order valence-electron chi connectivity index (χ0n) is 15.2. The van der Waals surface area contributed by atoms with Crippen LogP contribution in [0.15, 0.2) is 53.0 Å². The fourth-order valence-corrected chi connectivity index (χ4v) is 4.39. The Hall–Kier alpha value is -2.14. The molecule has 140 valence electrons. The highest BCUT2D eigenvalue weighted by atomic mass is 79.9. The summed E-state index contributed by atoms with van der Waals surface area (Å²) < 4.78 is 1.03. The van der Waals surface area contributed by atoms with Crippen LogP contribution in [0.1, 0.15) is 53.6 Å². The number of nitrogens with one attached hydrogen (secondary N) is 1. The fraction of sp³-hybridized carbons (Fsp3) is 0.364. The Morgan fingerprint density at radius 3 is 2.59 bits per heavy atom. The van der Waals surface area contributed by atoms with Crippen LogP contribution in [0.2, 0.25) is 0 Å². The van der Waals surface area contributed by atoms with Crippen LogP contribution in [-0.4, -0.2) is 23.3 Å². The molecule has 0 spiro atoms. The van der Waals surface area contributed by atoms with Gasteiger partial charge in [-0.25, -0.2) is 0 Å². The molecule has 0 radical (unpaired) electrons. The molecule has 1 N–H and O–H groups in total. The van der Waals surface area contributed by atoms with E-state index in [-0.39, 0.29) is 17.4 Å². The van der Waals surface area contributed by atoms with Gasteiger partial charge in [-0.05, 0) is 61.1 Å². The van der Waals surface area contributed by atoms with Gasteiger partial charge < -0.3 is 10.2 Å². The molecule has 1 aliphatic heterocycles. The summed E-state index contributed by atoms with van der Waals surface area (Å²) >= 11 is 3.53. The summed E-state index contributed by atoms with van der Waals surface area (Å²) in [6, 6.07) is 15.8. The molecule has 2 aromatic carbocycles. The minimum Gasteiger partial charge on any atom is -0.343 e. The lowest BCUT2D eigenvalue weighted by atomic mass is 9.71. The molecule has 4 rings (SSSR count). The van der Waals surface area contributed by atoms with Crippen LogP contribution in [0.5, 0.6) is 0 Å². The first-order valence-corrected chi connectivity index (χ1v) is 10.3. The van der Waals surface area contributed by atoms with E-state index in [1.807, 2.05) is 41.3 Å². The van der Waals surface area contributed by atoms with Gasteiger partial charge in [0.25, 0.3) is 5.91 Å². The van der Waals surface area contributed by atoms with E-state index in [2.05, 4.69) is 33.4 Å². The zero-order valence-corrected chi connectivity index (χ0v) is 16.8. The summed E-state index contributed by atoms with van der Waals surface area (Å²) in [4.78, 5) is 26.7. The molecule has 2 amide bonds. The Morgan fingerprint density at radius 1 is 1.11 bits per heavy atom. The summed E-state index contributed by atoms with van der Waals surface area (Å²) in [5.41, 5.74) is 2.53. The molecular formula is C22H23BrN2O2. The highest BCUT2D eigenvalue weighted by Crippen LogP contribution is 2.42. The highest BCUT2D eigenvalue weighted by molar-refractivity contribution is 9.10. The van der Waals surface area contributed by atoms with E-state index >= 15 is 0 Å². The second kappa shape index (κ2) is 7.47. The second-order valence-corrected chi connectivity index (χ2v) is 8.44. The molecule has 27 heavy (non-hydrogen) atoms. The maximum Gasteiger partial charge on any atom is 0.251 e. The van der Waals surface area contributed by atoms with Crippen LogP contribution in [0.25, 0.3) is 0 Å². The summed E-state index contributed by atoms with van der Waals surface area (Å²) in [5.74, 6) is 0.150. The lowest BCUT2D eigenvalue weighted by Crippen LogP contribution is -2.50. The third kappa shape index (κ3) is 3.79. The van der Waals surface area contributed by atoms with E-state index < -0.39 is 0 Å². The van der Waals surface area contributed by atoms with Gasteiger partial charge in [0.15, 0.2) is 0 Å². The van der Waals surface area contributed by atoms with Crippen molar-refractivity contribution < 1.29 is 9.59 Å². The number of amides is 2. The summed E-state index contributed by atoms with van der Waals surface area (Å²) in [6.45, 7) is 1.39. The first kappa shape index (κ1) is 18.2. The predicted octanol–water partition coefficient (Wildman–Crippen LogP) is 4.38. The number of rotatable bonds is 5. The van der Waals surface area contributed by atoms with E-state index in [0.717, 1.165) is 47.8 Å². The number of likely N-dealkylation sites (tertiary alicyclic amines) is 1. The Kier molecular flexibility index (Phi) is 5.04. The second-order valence-electron chi connectivity index (χ2n) is 7.52. The van der Waals surface area contributed by atoms with Crippen LogP contribution in [0.3, 0.4) is 0 Å². The predicted molar refractivity (Wildman–Crippen MR) is 108 cm³/mol. The summed E-state index contributed by atoms with van der Waals surface area (Å²) in [7, 11) is 0. The van der Waals surface area contributed by atoms with Crippen molar-refractivity contribution in [2.45, 2.75) is 44.2 Å². The van der Waals surface area contributed by atoms with Gasteiger partial charge in [-0.2, -0.15) is 0 Å². The van der Waals surface area contributed by atoms with Crippen molar-refractivity contribution in [3.63, 3.8) is 0 Å². The van der Waals surface area contributed by atoms with Gasteiger partial charge in [0.05, 0.1) is 5.54 Å².